The Balaban J connectivity index is 2.48. The molecule has 0 radical (unpaired) electrons. The van der Waals surface area contributed by atoms with Crippen LogP contribution in [0.1, 0.15) is 23.6 Å². The zero-order valence-corrected chi connectivity index (χ0v) is 12.3. The number of benzene rings is 2. The molecule has 0 aliphatic rings. The van der Waals surface area contributed by atoms with Gasteiger partial charge >= 0.3 is 0 Å². The highest BCUT2D eigenvalue weighted by Crippen LogP contribution is 2.34. The summed E-state index contributed by atoms with van der Waals surface area (Å²) in [5.74, 6) is 1.52. The molecule has 2 rings (SSSR count). The molecule has 0 aliphatic heterocycles. The van der Waals surface area contributed by atoms with Gasteiger partial charge in [0.15, 0.2) is 0 Å². The summed E-state index contributed by atoms with van der Waals surface area (Å²) in [6.07, 6.45) is 0. The zero-order valence-electron chi connectivity index (χ0n) is 12.3. The van der Waals surface area contributed by atoms with Crippen molar-refractivity contribution in [1.82, 2.24) is 0 Å². The lowest BCUT2D eigenvalue weighted by atomic mass is 9.85. The van der Waals surface area contributed by atoms with Crippen LogP contribution in [0.4, 0.5) is 0 Å². The van der Waals surface area contributed by atoms with Crippen molar-refractivity contribution in [1.29, 1.82) is 0 Å². The second-order valence-corrected chi connectivity index (χ2v) is 4.99. The van der Waals surface area contributed by atoms with Crippen LogP contribution in [0, 0.1) is 6.92 Å². The van der Waals surface area contributed by atoms with Crippen LogP contribution in [0.3, 0.4) is 0 Å². The fourth-order valence-corrected chi connectivity index (χ4v) is 2.39. The molecule has 106 valence electrons. The maximum atomic E-state index is 10.9. The molecule has 0 saturated carbocycles. The fraction of sp³-hybridized carbons (Fsp3) is 0.294. The van der Waals surface area contributed by atoms with Crippen LogP contribution >= 0.6 is 0 Å². The smallest absolute Gasteiger partial charge is 0.119 e. The molecule has 0 fully saturated rings. The number of methoxy groups -OCH3 is 2. The van der Waals surface area contributed by atoms with Crippen LogP contribution < -0.4 is 9.47 Å². The minimum atomic E-state index is -1.08. The van der Waals surface area contributed by atoms with E-state index >= 15 is 0 Å². The van der Waals surface area contributed by atoms with E-state index < -0.39 is 5.60 Å². The molecular formula is C17H20O3. The van der Waals surface area contributed by atoms with Gasteiger partial charge in [-0.15, -0.1) is 0 Å². The molecule has 0 saturated heterocycles. The van der Waals surface area contributed by atoms with E-state index in [-0.39, 0.29) is 0 Å². The largest absolute Gasteiger partial charge is 0.497 e. The normalized spacial score (nSPS) is 13.7. The summed E-state index contributed by atoms with van der Waals surface area (Å²) >= 11 is 0. The van der Waals surface area contributed by atoms with Crippen LogP contribution in [-0.4, -0.2) is 19.3 Å². The van der Waals surface area contributed by atoms with Crippen LogP contribution in [0.25, 0.3) is 0 Å². The van der Waals surface area contributed by atoms with E-state index in [1.807, 2.05) is 49.4 Å². The summed E-state index contributed by atoms with van der Waals surface area (Å²) in [5.41, 5.74) is 1.55. The van der Waals surface area contributed by atoms with Gasteiger partial charge in [0.05, 0.1) is 14.2 Å². The first-order valence-corrected chi connectivity index (χ1v) is 6.51. The summed E-state index contributed by atoms with van der Waals surface area (Å²) in [5, 5.41) is 10.9. The lowest BCUT2D eigenvalue weighted by molar-refractivity contribution is 0.101. The molecule has 0 spiro atoms. The van der Waals surface area contributed by atoms with Gasteiger partial charge in [0.2, 0.25) is 0 Å². The topological polar surface area (TPSA) is 38.7 Å². The Bertz CT molecular complexity index is 603. The van der Waals surface area contributed by atoms with Crippen molar-refractivity contribution < 1.29 is 14.6 Å². The summed E-state index contributed by atoms with van der Waals surface area (Å²) in [6, 6.07) is 13.2. The van der Waals surface area contributed by atoms with Crippen molar-refractivity contribution in [3.8, 4) is 11.5 Å². The van der Waals surface area contributed by atoms with Gasteiger partial charge in [-0.2, -0.15) is 0 Å². The third kappa shape index (κ3) is 2.63. The highest BCUT2D eigenvalue weighted by molar-refractivity contribution is 5.45. The van der Waals surface area contributed by atoms with Crippen molar-refractivity contribution in [2.75, 3.05) is 14.2 Å². The summed E-state index contributed by atoms with van der Waals surface area (Å²) in [7, 11) is 3.25. The lowest BCUT2D eigenvalue weighted by Crippen LogP contribution is -2.24. The van der Waals surface area contributed by atoms with E-state index in [1.165, 1.54) is 0 Å². The molecule has 3 nitrogen and oxygen atoms in total. The molecule has 1 N–H and O–H groups in total. The van der Waals surface area contributed by atoms with Crippen LogP contribution in [0.2, 0.25) is 0 Å². The van der Waals surface area contributed by atoms with E-state index in [9.17, 15) is 5.11 Å². The number of aryl methyl sites for hydroxylation is 1. The van der Waals surface area contributed by atoms with Gasteiger partial charge in [0.25, 0.3) is 0 Å². The average Bonchev–Trinajstić information content (AvgIpc) is 2.46. The molecule has 0 heterocycles. The Morgan fingerprint density at radius 2 is 1.60 bits per heavy atom. The highest BCUT2D eigenvalue weighted by atomic mass is 16.5. The van der Waals surface area contributed by atoms with Crippen molar-refractivity contribution in [2.24, 2.45) is 0 Å². The molecule has 1 unspecified atom stereocenters. The van der Waals surface area contributed by atoms with Gasteiger partial charge < -0.3 is 14.6 Å². The molecule has 3 heteroatoms. The van der Waals surface area contributed by atoms with Crippen molar-refractivity contribution >= 4 is 0 Å². The van der Waals surface area contributed by atoms with Crippen molar-refractivity contribution in [2.45, 2.75) is 19.4 Å². The SMILES string of the molecule is COc1cccc(C(C)(O)c2ccc(OC)cc2C)c1. The van der Waals surface area contributed by atoms with Crippen LogP contribution in [0.15, 0.2) is 42.5 Å². The Morgan fingerprint density at radius 3 is 2.20 bits per heavy atom. The summed E-state index contributed by atoms with van der Waals surface area (Å²) in [6.45, 7) is 3.75. The van der Waals surface area contributed by atoms with Gasteiger partial charge in [0, 0.05) is 0 Å². The molecule has 0 bridgehead atoms. The molecule has 2 aromatic rings. The molecule has 20 heavy (non-hydrogen) atoms. The maximum Gasteiger partial charge on any atom is 0.119 e. The van der Waals surface area contributed by atoms with Gasteiger partial charge in [-0.1, -0.05) is 18.2 Å². The Morgan fingerprint density at radius 1 is 0.950 bits per heavy atom. The predicted molar refractivity (Wildman–Crippen MR) is 79.4 cm³/mol. The van der Waals surface area contributed by atoms with E-state index in [2.05, 4.69) is 0 Å². The van der Waals surface area contributed by atoms with Crippen LogP contribution in [-0.2, 0) is 5.60 Å². The third-order valence-corrected chi connectivity index (χ3v) is 3.59. The van der Waals surface area contributed by atoms with Gasteiger partial charge in [-0.05, 0) is 54.8 Å². The fourth-order valence-electron chi connectivity index (χ4n) is 2.39. The molecule has 0 aliphatic carbocycles. The molecule has 0 amide bonds. The average molecular weight is 272 g/mol. The number of ether oxygens (including phenoxy) is 2. The maximum absolute atomic E-state index is 10.9. The van der Waals surface area contributed by atoms with E-state index in [0.29, 0.717) is 0 Å². The van der Waals surface area contributed by atoms with E-state index in [4.69, 9.17) is 9.47 Å². The number of hydrogen-bond donors (Lipinski definition) is 1. The second kappa shape index (κ2) is 5.55. The number of hydrogen-bond acceptors (Lipinski definition) is 3. The standard InChI is InChI=1S/C17H20O3/c1-12-10-15(20-4)8-9-16(12)17(2,18)13-6-5-7-14(11-13)19-3/h5-11,18H,1-4H3. The van der Waals surface area contributed by atoms with Gasteiger partial charge in [0.1, 0.15) is 17.1 Å². The summed E-state index contributed by atoms with van der Waals surface area (Å²) < 4.78 is 10.4. The van der Waals surface area contributed by atoms with Crippen LogP contribution in [0.5, 0.6) is 11.5 Å². The Hall–Kier alpha value is -2.00. The van der Waals surface area contributed by atoms with Gasteiger partial charge in [-0.3, -0.25) is 0 Å². The summed E-state index contributed by atoms with van der Waals surface area (Å²) in [4.78, 5) is 0. The highest BCUT2D eigenvalue weighted by Gasteiger charge is 2.27. The minimum Gasteiger partial charge on any atom is -0.497 e. The number of aliphatic hydroxyl groups is 1. The zero-order chi connectivity index (χ0) is 14.8. The Kier molecular flexibility index (Phi) is 4.00. The van der Waals surface area contributed by atoms with E-state index in [0.717, 1.165) is 28.2 Å². The number of rotatable bonds is 4. The van der Waals surface area contributed by atoms with Crippen molar-refractivity contribution in [3.05, 3.63) is 59.2 Å². The molecular weight excluding hydrogens is 252 g/mol. The minimum absolute atomic E-state index is 0.730. The third-order valence-electron chi connectivity index (χ3n) is 3.59. The Labute approximate surface area is 119 Å². The first-order chi connectivity index (χ1) is 9.48. The second-order valence-electron chi connectivity index (χ2n) is 4.99. The quantitative estimate of drug-likeness (QED) is 0.928. The lowest BCUT2D eigenvalue weighted by Gasteiger charge is -2.27. The monoisotopic (exact) mass is 272 g/mol. The first-order valence-electron chi connectivity index (χ1n) is 6.51. The molecule has 0 aromatic heterocycles. The first kappa shape index (κ1) is 14.4. The van der Waals surface area contributed by atoms with Crippen molar-refractivity contribution in [3.63, 3.8) is 0 Å². The molecule has 2 aromatic carbocycles. The van der Waals surface area contributed by atoms with E-state index in [1.54, 1.807) is 21.1 Å². The molecule has 1 atom stereocenters. The predicted octanol–water partition coefficient (Wildman–Crippen LogP) is 3.27. The van der Waals surface area contributed by atoms with Gasteiger partial charge in [-0.25, -0.2) is 0 Å².